The van der Waals surface area contributed by atoms with Crippen LogP contribution in [0.3, 0.4) is 0 Å². The number of aromatic hydroxyl groups is 1. The van der Waals surface area contributed by atoms with Crippen LogP contribution in [0.5, 0.6) is 5.75 Å². The van der Waals surface area contributed by atoms with Crippen molar-refractivity contribution in [3.05, 3.63) is 40.5 Å². The molecule has 0 aliphatic carbocycles. The van der Waals surface area contributed by atoms with Crippen LogP contribution in [0.25, 0.3) is 0 Å². The molecule has 1 aromatic heterocycles. The fraction of sp³-hybridized carbons (Fsp3) is 0. The Hall–Kier alpha value is -2.52. The van der Waals surface area contributed by atoms with E-state index in [1.807, 2.05) is 6.07 Å². The maximum absolute atomic E-state index is 11.8. The Morgan fingerprint density at radius 3 is 3.00 bits per heavy atom. The van der Waals surface area contributed by atoms with E-state index in [4.69, 9.17) is 16.9 Å². The van der Waals surface area contributed by atoms with Crippen LogP contribution in [0.1, 0.15) is 15.9 Å². The maximum atomic E-state index is 11.8. The largest absolute Gasteiger partial charge is 0.506 e. The average Bonchev–Trinajstić information content (AvgIpc) is 2.79. The van der Waals surface area contributed by atoms with E-state index < -0.39 is 5.91 Å². The van der Waals surface area contributed by atoms with Gasteiger partial charge in [-0.3, -0.25) is 9.89 Å². The topological polar surface area (TPSA) is 102 Å². The number of phenols is 1. The molecule has 6 nitrogen and oxygen atoms in total. The maximum Gasteiger partial charge on any atom is 0.256 e. The highest BCUT2D eigenvalue weighted by molar-refractivity contribution is 6.32. The molecule has 0 unspecified atom stereocenters. The van der Waals surface area contributed by atoms with Gasteiger partial charge in [-0.25, -0.2) is 0 Å². The minimum absolute atomic E-state index is 0.0766. The number of aromatic amines is 1. The lowest BCUT2D eigenvalue weighted by Gasteiger charge is -2.04. The first-order valence-corrected chi connectivity index (χ1v) is 5.23. The highest BCUT2D eigenvalue weighted by atomic mass is 35.5. The molecule has 0 aliphatic heterocycles. The molecule has 0 atom stereocenters. The lowest BCUT2D eigenvalue weighted by molar-refractivity contribution is 0.102. The van der Waals surface area contributed by atoms with Crippen molar-refractivity contribution < 1.29 is 9.90 Å². The molecule has 1 aromatic carbocycles. The normalized spacial score (nSPS) is 9.78. The number of hydrogen-bond donors (Lipinski definition) is 3. The van der Waals surface area contributed by atoms with E-state index in [2.05, 4.69) is 15.5 Å². The molecule has 0 saturated heterocycles. The Morgan fingerprint density at radius 1 is 1.56 bits per heavy atom. The van der Waals surface area contributed by atoms with E-state index >= 15 is 0 Å². The number of nitrogens with zero attached hydrogens (tertiary/aromatic N) is 2. The summed E-state index contributed by atoms with van der Waals surface area (Å²) in [5.74, 6) is -0.350. The summed E-state index contributed by atoms with van der Waals surface area (Å²) in [4.78, 5) is 11.8. The van der Waals surface area contributed by atoms with Crippen LogP contribution in [0, 0.1) is 11.3 Å². The van der Waals surface area contributed by atoms with Gasteiger partial charge in [0, 0.05) is 5.56 Å². The van der Waals surface area contributed by atoms with Gasteiger partial charge in [0.25, 0.3) is 5.91 Å². The van der Waals surface area contributed by atoms with Crippen LogP contribution >= 0.6 is 11.6 Å². The number of carbonyl (C=O) groups excluding carboxylic acids is 1. The second-order valence-electron chi connectivity index (χ2n) is 3.39. The third-order valence-corrected chi connectivity index (χ3v) is 2.51. The average molecular weight is 263 g/mol. The minimum atomic E-state index is -0.461. The third kappa shape index (κ3) is 2.26. The van der Waals surface area contributed by atoms with Crippen molar-refractivity contribution in [2.75, 3.05) is 5.32 Å². The molecule has 90 valence electrons. The Balaban J connectivity index is 2.23. The molecular formula is C11H7ClN4O2. The van der Waals surface area contributed by atoms with Crippen molar-refractivity contribution >= 4 is 23.3 Å². The highest BCUT2D eigenvalue weighted by Crippen LogP contribution is 2.24. The Kier molecular flexibility index (Phi) is 3.17. The smallest absolute Gasteiger partial charge is 0.256 e. The SMILES string of the molecule is N#Cc1cn[nH]c1NC(=O)c1ccc(O)c(Cl)c1. The first-order chi connectivity index (χ1) is 8.61. The molecule has 18 heavy (non-hydrogen) atoms. The molecule has 0 radical (unpaired) electrons. The summed E-state index contributed by atoms with van der Waals surface area (Å²) in [5, 5.41) is 26.7. The van der Waals surface area contributed by atoms with Gasteiger partial charge in [-0.1, -0.05) is 11.6 Å². The van der Waals surface area contributed by atoms with Crippen LogP contribution in [-0.2, 0) is 0 Å². The zero-order valence-electron chi connectivity index (χ0n) is 8.94. The third-order valence-electron chi connectivity index (χ3n) is 2.21. The molecule has 2 rings (SSSR count). The van der Waals surface area contributed by atoms with E-state index in [1.54, 1.807) is 0 Å². The van der Waals surface area contributed by atoms with Crippen LogP contribution in [0.15, 0.2) is 24.4 Å². The van der Waals surface area contributed by atoms with Crippen molar-refractivity contribution in [1.29, 1.82) is 5.26 Å². The van der Waals surface area contributed by atoms with Crippen LogP contribution in [0.4, 0.5) is 5.82 Å². The number of benzene rings is 1. The van der Waals surface area contributed by atoms with Crippen LogP contribution in [-0.4, -0.2) is 21.2 Å². The van der Waals surface area contributed by atoms with Crippen molar-refractivity contribution in [3.63, 3.8) is 0 Å². The molecule has 0 aliphatic rings. The number of amides is 1. The van der Waals surface area contributed by atoms with Gasteiger partial charge in [-0.05, 0) is 18.2 Å². The molecule has 0 saturated carbocycles. The van der Waals surface area contributed by atoms with E-state index in [0.717, 1.165) is 0 Å². The molecule has 1 heterocycles. The van der Waals surface area contributed by atoms with E-state index in [-0.39, 0.29) is 27.7 Å². The van der Waals surface area contributed by atoms with Crippen molar-refractivity contribution in [2.45, 2.75) is 0 Å². The predicted octanol–water partition coefficient (Wildman–Crippen LogP) is 1.89. The Morgan fingerprint density at radius 2 is 2.33 bits per heavy atom. The lowest BCUT2D eigenvalue weighted by Crippen LogP contribution is -2.12. The van der Waals surface area contributed by atoms with Crippen molar-refractivity contribution in [1.82, 2.24) is 10.2 Å². The second-order valence-corrected chi connectivity index (χ2v) is 3.80. The van der Waals surface area contributed by atoms with Gasteiger partial charge in [0.05, 0.1) is 11.2 Å². The minimum Gasteiger partial charge on any atom is -0.506 e. The molecular weight excluding hydrogens is 256 g/mol. The summed E-state index contributed by atoms with van der Waals surface area (Å²) >= 11 is 5.70. The molecule has 0 spiro atoms. The fourth-order valence-corrected chi connectivity index (χ4v) is 1.48. The zero-order chi connectivity index (χ0) is 13.1. The van der Waals surface area contributed by atoms with Gasteiger partial charge in [-0.2, -0.15) is 10.4 Å². The Bertz CT molecular complexity index is 645. The van der Waals surface area contributed by atoms with Crippen molar-refractivity contribution in [2.24, 2.45) is 0 Å². The number of anilines is 1. The van der Waals surface area contributed by atoms with Gasteiger partial charge in [0.1, 0.15) is 23.2 Å². The van der Waals surface area contributed by atoms with E-state index in [9.17, 15) is 9.90 Å². The summed E-state index contributed by atoms with van der Waals surface area (Å²) in [6.45, 7) is 0. The number of nitriles is 1. The number of carbonyl (C=O) groups is 1. The number of hydrogen-bond acceptors (Lipinski definition) is 4. The predicted molar refractivity (Wildman–Crippen MR) is 64.4 cm³/mol. The molecule has 0 fully saturated rings. The van der Waals surface area contributed by atoms with Crippen LogP contribution in [0.2, 0.25) is 5.02 Å². The lowest BCUT2D eigenvalue weighted by atomic mass is 10.2. The summed E-state index contributed by atoms with van der Waals surface area (Å²) in [7, 11) is 0. The monoisotopic (exact) mass is 262 g/mol. The second kappa shape index (κ2) is 4.77. The van der Waals surface area contributed by atoms with Gasteiger partial charge < -0.3 is 10.4 Å². The van der Waals surface area contributed by atoms with Crippen LogP contribution < -0.4 is 5.32 Å². The van der Waals surface area contributed by atoms with Gasteiger partial charge in [0.15, 0.2) is 0 Å². The molecule has 7 heteroatoms. The molecule has 3 N–H and O–H groups in total. The number of nitrogens with one attached hydrogen (secondary N) is 2. The number of phenolic OH excluding ortho intramolecular Hbond substituents is 1. The fourth-order valence-electron chi connectivity index (χ4n) is 1.30. The molecule has 1 amide bonds. The quantitative estimate of drug-likeness (QED) is 0.769. The summed E-state index contributed by atoms with van der Waals surface area (Å²) in [6, 6.07) is 5.94. The number of halogens is 1. The number of H-pyrrole nitrogens is 1. The van der Waals surface area contributed by atoms with E-state index in [0.29, 0.717) is 0 Å². The highest BCUT2D eigenvalue weighted by Gasteiger charge is 2.12. The van der Waals surface area contributed by atoms with Gasteiger partial charge in [-0.15, -0.1) is 0 Å². The number of aromatic nitrogens is 2. The van der Waals surface area contributed by atoms with Gasteiger partial charge in [0.2, 0.25) is 0 Å². The summed E-state index contributed by atoms with van der Waals surface area (Å²) in [6.07, 6.45) is 1.30. The first kappa shape index (κ1) is 12.0. The Labute approximate surface area is 107 Å². The van der Waals surface area contributed by atoms with Crippen molar-refractivity contribution in [3.8, 4) is 11.8 Å². The molecule has 2 aromatic rings. The summed E-state index contributed by atoms with van der Waals surface area (Å²) < 4.78 is 0. The zero-order valence-corrected chi connectivity index (χ0v) is 9.69. The summed E-state index contributed by atoms with van der Waals surface area (Å²) in [5.41, 5.74) is 0.490. The van der Waals surface area contributed by atoms with E-state index in [1.165, 1.54) is 24.4 Å². The number of rotatable bonds is 2. The van der Waals surface area contributed by atoms with Gasteiger partial charge >= 0.3 is 0 Å². The first-order valence-electron chi connectivity index (χ1n) is 4.85. The standard InChI is InChI=1S/C11H7ClN4O2/c12-8-3-6(1-2-9(8)17)11(18)15-10-7(4-13)5-14-16-10/h1-3,5,17H,(H2,14,15,16,18). The molecule has 0 bridgehead atoms.